The average Bonchev–Trinajstić information content (AvgIpc) is 3.25. The molecule has 1 aliphatic rings. The normalized spacial score (nSPS) is 17.0. The quantitative estimate of drug-likeness (QED) is 0.291. The minimum Gasteiger partial charge on any atom is -0.381 e. The van der Waals surface area contributed by atoms with Crippen molar-refractivity contribution in [2.75, 3.05) is 40.5 Å². The van der Waals surface area contributed by atoms with E-state index in [2.05, 4.69) is 59.9 Å². The number of aromatic nitrogens is 1. The molecule has 1 aliphatic heterocycles. The zero-order valence-corrected chi connectivity index (χ0v) is 22.1. The lowest BCUT2D eigenvalue weighted by molar-refractivity contribution is 0.0530. The van der Waals surface area contributed by atoms with Gasteiger partial charge in [0.25, 0.3) is 0 Å². The molecule has 1 saturated heterocycles. The second kappa shape index (κ2) is 12.7. The van der Waals surface area contributed by atoms with E-state index in [9.17, 15) is 0 Å². The van der Waals surface area contributed by atoms with Crippen molar-refractivity contribution >= 4 is 41.3 Å². The van der Waals surface area contributed by atoms with Crippen molar-refractivity contribution in [1.29, 1.82) is 0 Å². The van der Waals surface area contributed by atoms with Crippen molar-refractivity contribution in [3.8, 4) is 0 Å². The van der Waals surface area contributed by atoms with Crippen LogP contribution in [0.1, 0.15) is 49.1 Å². The van der Waals surface area contributed by atoms with Crippen molar-refractivity contribution in [3.63, 3.8) is 0 Å². The van der Waals surface area contributed by atoms with E-state index in [4.69, 9.17) is 19.5 Å². The van der Waals surface area contributed by atoms with Gasteiger partial charge >= 0.3 is 0 Å². The van der Waals surface area contributed by atoms with E-state index in [-0.39, 0.29) is 35.5 Å². The van der Waals surface area contributed by atoms with Crippen LogP contribution in [0.25, 0.3) is 0 Å². The first-order valence-corrected chi connectivity index (χ1v) is 11.6. The highest BCUT2D eigenvalue weighted by atomic mass is 127. The molecule has 1 aromatic carbocycles. The number of guanidine groups is 1. The fourth-order valence-electron chi connectivity index (χ4n) is 3.79. The maximum absolute atomic E-state index is 5.67. The Morgan fingerprint density at radius 1 is 1.32 bits per heavy atom. The minimum absolute atomic E-state index is 0. The van der Waals surface area contributed by atoms with E-state index in [1.165, 1.54) is 5.56 Å². The Bertz CT molecular complexity index is 809. The fourth-order valence-corrected chi connectivity index (χ4v) is 4.63. The summed E-state index contributed by atoms with van der Waals surface area (Å²) < 4.78 is 11.1. The van der Waals surface area contributed by atoms with Gasteiger partial charge in [-0.2, -0.15) is 0 Å². The minimum atomic E-state index is 0. The molecule has 3 rings (SSSR count). The molecular formula is C23H35IN4O2S. The first-order valence-electron chi connectivity index (χ1n) is 10.7. The number of nitrogens with zero attached hydrogens (tertiary/aromatic N) is 3. The van der Waals surface area contributed by atoms with Crippen molar-refractivity contribution in [1.82, 2.24) is 15.2 Å². The van der Waals surface area contributed by atoms with Crippen LogP contribution in [0.2, 0.25) is 0 Å². The second-order valence-corrected chi connectivity index (χ2v) is 8.73. The topological polar surface area (TPSA) is 59.0 Å². The van der Waals surface area contributed by atoms with Gasteiger partial charge in [0.05, 0.1) is 18.8 Å². The summed E-state index contributed by atoms with van der Waals surface area (Å²) in [6.45, 7) is 7.98. The van der Waals surface area contributed by atoms with E-state index in [1.807, 2.05) is 6.92 Å². The second-order valence-electron chi connectivity index (χ2n) is 7.84. The third-order valence-electron chi connectivity index (χ3n) is 5.73. The third kappa shape index (κ3) is 6.87. The molecule has 2 heterocycles. The number of ether oxygens (including phenoxy) is 2. The molecule has 0 radical (unpaired) electrons. The summed E-state index contributed by atoms with van der Waals surface area (Å²) in [5.41, 5.74) is 2.42. The van der Waals surface area contributed by atoms with Crippen LogP contribution in [0, 0.1) is 0 Å². The van der Waals surface area contributed by atoms with Gasteiger partial charge in [0.2, 0.25) is 0 Å². The summed E-state index contributed by atoms with van der Waals surface area (Å²) in [6.07, 6.45) is 2.01. The lowest BCUT2D eigenvalue weighted by Gasteiger charge is -2.37. The monoisotopic (exact) mass is 558 g/mol. The van der Waals surface area contributed by atoms with E-state index < -0.39 is 0 Å². The number of hydrogen-bond acceptors (Lipinski definition) is 5. The van der Waals surface area contributed by atoms with E-state index in [1.54, 1.807) is 18.4 Å². The maximum Gasteiger partial charge on any atom is 0.194 e. The lowest BCUT2D eigenvalue weighted by atomic mass is 9.74. The SMILES string of the molecule is CCNC(=NCC1(c2ccccc2)CCOCC1)N(C)Cc1csc(C(C)OC)n1.I. The smallest absolute Gasteiger partial charge is 0.194 e. The summed E-state index contributed by atoms with van der Waals surface area (Å²) in [5, 5.41) is 6.56. The molecule has 8 heteroatoms. The summed E-state index contributed by atoms with van der Waals surface area (Å²) in [4.78, 5) is 11.9. The molecular weight excluding hydrogens is 523 g/mol. The Balaban J connectivity index is 0.00000341. The number of nitrogens with one attached hydrogen (secondary N) is 1. The highest BCUT2D eigenvalue weighted by Gasteiger charge is 2.34. The summed E-state index contributed by atoms with van der Waals surface area (Å²) in [7, 11) is 3.78. The molecule has 1 fully saturated rings. The van der Waals surface area contributed by atoms with Crippen molar-refractivity contribution in [2.24, 2.45) is 4.99 Å². The number of hydrogen-bond donors (Lipinski definition) is 1. The number of thiazole rings is 1. The lowest BCUT2D eigenvalue weighted by Crippen LogP contribution is -2.41. The van der Waals surface area contributed by atoms with Gasteiger partial charge in [-0.25, -0.2) is 4.98 Å². The predicted octanol–water partition coefficient (Wildman–Crippen LogP) is 4.61. The Labute approximate surface area is 207 Å². The standard InChI is InChI=1S/C23H34N4O2S.HI/c1-5-24-22(27(3)15-20-16-30-21(26-20)18(2)28-4)25-17-23(11-13-29-14-12-23)19-9-7-6-8-10-19;/h6-10,16,18H,5,11-15,17H2,1-4H3,(H,24,25);1H. The first-order chi connectivity index (χ1) is 14.6. The van der Waals surface area contributed by atoms with Gasteiger partial charge in [-0.3, -0.25) is 4.99 Å². The summed E-state index contributed by atoms with van der Waals surface area (Å²) in [5.74, 6) is 0.911. The zero-order valence-electron chi connectivity index (χ0n) is 19.0. The van der Waals surface area contributed by atoms with E-state index in [0.29, 0.717) is 6.54 Å². The van der Waals surface area contributed by atoms with Crippen molar-refractivity contribution in [3.05, 3.63) is 52.0 Å². The average molecular weight is 559 g/mol. The first kappa shape index (κ1) is 26.0. The van der Waals surface area contributed by atoms with Crippen LogP contribution in [0.15, 0.2) is 40.7 Å². The Morgan fingerprint density at radius 3 is 2.68 bits per heavy atom. The van der Waals surface area contributed by atoms with Gasteiger partial charge in [0, 0.05) is 44.7 Å². The number of benzene rings is 1. The third-order valence-corrected chi connectivity index (χ3v) is 6.79. The summed E-state index contributed by atoms with van der Waals surface area (Å²) in [6, 6.07) is 10.8. The Kier molecular flexibility index (Phi) is 10.7. The molecule has 1 aromatic heterocycles. The van der Waals surface area contributed by atoms with Crippen molar-refractivity contribution < 1.29 is 9.47 Å². The highest BCUT2D eigenvalue weighted by Crippen LogP contribution is 2.35. The molecule has 1 unspecified atom stereocenters. The van der Waals surface area contributed by atoms with E-state index >= 15 is 0 Å². The molecule has 1 atom stereocenters. The molecule has 6 nitrogen and oxygen atoms in total. The predicted molar refractivity (Wildman–Crippen MR) is 139 cm³/mol. The van der Waals surface area contributed by atoms with Gasteiger partial charge in [-0.1, -0.05) is 30.3 Å². The molecule has 0 bridgehead atoms. The fraction of sp³-hybridized carbons (Fsp3) is 0.565. The van der Waals surface area contributed by atoms with Gasteiger partial charge in [-0.15, -0.1) is 35.3 Å². The van der Waals surface area contributed by atoms with Crippen LogP contribution in [0.5, 0.6) is 0 Å². The van der Waals surface area contributed by atoms with Crippen LogP contribution < -0.4 is 5.32 Å². The number of rotatable bonds is 8. The van der Waals surface area contributed by atoms with Crippen LogP contribution in [0.3, 0.4) is 0 Å². The molecule has 2 aromatic rings. The molecule has 0 aliphatic carbocycles. The van der Waals surface area contributed by atoms with Gasteiger partial charge < -0.3 is 19.7 Å². The van der Waals surface area contributed by atoms with Gasteiger partial charge in [0.1, 0.15) is 11.1 Å². The molecule has 0 saturated carbocycles. The number of aliphatic imine (C=N–C) groups is 1. The Morgan fingerprint density at radius 2 is 2.03 bits per heavy atom. The number of halogens is 1. The maximum atomic E-state index is 5.67. The van der Waals surface area contributed by atoms with Gasteiger partial charge in [-0.05, 0) is 32.3 Å². The van der Waals surface area contributed by atoms with Crippen LogP contribution in [-0.4, -0.2) is 56.3 Å². The Hall–Kier alpha value is -1.23. The van der Waals surface area contributed by atoms with Crippen molar-refractivity contribution in [2.45, 2.75) is 44.8 Å². The van der Waals surface area contributed by atoms with E-state index in [0.717, 1.165) is 55.8 Å². The number of methoxy groups -OCH3 is 1. The van der Waals surface area contributed by atoms with Gasteiger partial charge in [0.15, 0.2) is 5.96 Å². The summed E-state index contributed by atoms with van der Waals surface area (Å²) >= 11 is 1.65. The molecule has 172 valence electrons. The van der Waals surface area contributed by atoms with Crippen LogP contribution in [-0.2, 0) is 21.4 Å². The van der Waals surface area contributed by atoms with Crippen LogP contribution in [0.4, 0.5) is 0 Å². The molecule has 0 amide bonds. The molecule has 31 heavy (non-hydrogen) atoms. The van der Waals surface area contributed by atoms with Crippen LogP contribution >= 0.6 is 35.3 Å². The molecule has 0 spiro atoms. The molecule has 1 N–H and O–H groups in total. The zero-order chi connectivity index (χ0) is 21.4. The highest BCUT2D eigenvalue weighted by molar-refractivity contribution is 14.0. The largest absolute Gasteiger partial charge is 0.381 e.